The number of nitrogens with two attached hydrogens (primary N) is 1. The lowest BCUT2D eigenvalue weighted by molar-refractivity contribution is -0.122. The Hall–Kier alpha value is -3.05. The molecule has 0 radical (unpaired) electrons. The summed E-state index contributed by atoms with van der Waals surface area (Å²) in [5.41, 5.74) is 9.05. The number of nitrogens with zero attached hydrogens (tertiary/aromatic N) is 1. The van der Waals surface area contributed by atoms with E-state index in [9.17, 15) is 4.79 Å². The van der Waals surface area contributed by atoms with Crippen LogP contribution in [-0.4, -0.2) is 23.4 Å². The molecule has 0 bridgehead atoms. The minimum Gasteiger partial charge on any atom is -0.489 e. The maximum Gasteiger partial charge on any atom is 0.234 e. The van der Waals surface area contributed by atoms with Gasteiger partial charge in [0.25, 0.3) is 0 Å². The van der Waals surface area contributed by atoms with Gasteiger partial charge in [-0.1, -0.05) is 42.0 Å². The Bertz CT molecular complexity index is 904. The molecule has 2 aromatic carbocycles. The quantitative estimate of drug-likeness (QED) is 0.564. The molecule has 3 aromatic rings. The molecule has 29 heavy (non-hydrogen) atoms. The average molecular weight is 392 g/mol. The zero-order chi connectivity index (χ0) is 20.6. The number of hydrogen-bond acceptors (Lipinski definition) is 4. The summed E-state index contributed by atoms with van der Waals surface area (Å²) in [6, 6.07) is 19.8. The Balaban J connectivity index is 1.60. The molecule has 5 nitrogen and oxygen atoms in total. The molecule has 1 aromatic heterocycles. The van der Waals surface area contributed by atoms with Gasteiger partial charge in [0.1, 0.15) is 18.1 Å². The van der Waals surface area contributed by atoms with Gasteiger partial charge in [0.2, 0.25) is 5.91 Å². The minimum absolute atomic E-state index is 0.341. The topological polar surface area (TPSA) is 68.7 Å². The predicted octanol–water partition coefficient (Wildman–Crippen LogP) is 4.09. The fraction of sp³-hybridized carbons (Fsp3) is 0.292. The van der Waals surface area contributed by atoms with E-state index in [1.165, 1.54) is 5.56 Å². The molecule has 2 N–H and O–H groups in total. The molecule has 5 heteroatoms. The summed E-state index contributed by atoms with van der Waals surface area (Å²) in [6.07, 6.45) is 2.41. The molecule has 0 aliphatic rings. The van der Waals surface area contributed by atoms with Crippen molar-refractivity contribution in [2.24, 2.45) is 5.73 Å². The molecule has 1 unspecified atom stereocenters. The highest BCUT2D eigenvalue weighted by molar-refractivity contribution is 5.79. The highest BCUT2D eigenvalue weighted by atomic mass is 16.5. The van der Waals surface area contributed by atoms with Crippen LogP contribution < -0.4 is 10.5 Å². The van der Waals surface area contributed by atoms with Crippen LogP contribution in [0.15, 0.2) is 71.3 Å². The molecule has 0 aliphatic heterocycles. The summed E-state index contributed by atoms with van der Waals surface area (Å²) in [5.74, 6) is 1.31. The van der Waals surface area contributed by atoms with Gasteiger partial charge in [0.15, 0.2) is 0 Å². The van der Waals surface area contributed by atoms with Gasteiger partial charge in [-0.05, 0) is 55.7 Å². The first-order valence-corrected chi connectivity index (χ1v) is 9.84. The van der Waals surface area contributed by atoms with Crippen LogP contribution in [0.2, 0.25) is 0 Å². The van der Waals surface area contributed by atoms with Crippen LogP contribution in [0.1, 0.15) is 29.4 Å². The lowest BCUT2D eigenvalue weighted by Crippen LogP contribution is -2.43. The van der Waals surface area contributed by atoms with Gasteiger partial charge < -0.3 is 14.9 Å². The van der Waals surface area contributed by atoms with Crippen molar-refractivity contribution in [3.63, 3.8) is 0 Å². The summed E-state index contributed by atoms with van der Waals surface area (Å²) >= 11 is 0. The Morgan fingerprint density at radius 2 is 1.90 bits per heavy atom. The van der Waals surface area contributed by atoms with Gasteiger partial charge in [-0.25, -0.2) is 0 Å². The number of hydrogen-bond donors (Lipinski definition) is 1. The summed E-state index contributed by atoms with van der Waals surface area (Å²) < 4.78 is 11.4. The largest absolute Gasteiger partial charge is 0.489 e. The Labute approximate surface area is 172 Å². The maximum absolute atomic E-state index is 11.7. The molecular weight excluding hydrogens is 364 g/mol. The molecule has 0 fully saturated rings. The molecule has 1 amide bonds. The minimum atomic E-state index is -0.374. The summed E-state index contributed by atoms with van der Waals surface area (Å²) in [6.45, 7) is 5.66. The molecule has 0 saturated carbocycles. The van der Waals surface area contributed by atoms with Crippen LogP contribution in [0.3, 0.4) is 0 Å². The van der Waals surface area contributed by atoms with Crippen molar-refractivity contribution in [3.8, 4) is 5.75 Å². The maximum atomic E-state index is 11.7. The Kier molecular flexibility index (Phi) is 7.09. The van der Waals surface area contributed by atoms with E-state index in [-0.39, 0.29) is 11.9 Å². The number of rotatable bonds is 10. The Morgan fingerprint density at radius 3 is 2.59 bits per heavy atom. The highest BCUT2D eigenvalue weighted by Crippen LogP contribution is 2.17. The highest BCUT2D eigenvalue weighted by Gasteiger charge is 2.20. The predicted molar refractivity (Wildman–Crippen MR) is 113 cm³/mol. The summed E-state index contributed by atoms with van der Waals surface area (Å²) in [4.78, 5) is 13.7. The van der Waals surface area contributed by atoms with Crippen molar-refractivity contribution in [1.29, 1.82) is 0 Å². The fourth-order valence-corrected chi connectivity index (χ4v) is 3.11. The monoisotopic (exact) mass is 392 g/mol. The van der Waals surface area contributed by atoms with Crippen molar-refractivity contribution in [3.05, 3.63) is 89.4 Å². The zero-order valence-electron chi connectivity index (χ0n) is 17.0. The number of benzene rings is 2. The van der Waals surface area contributed by atoms with Gasteiger partial charge in [0.05, 0.1) is 18.8 Å². The van der Waals surface area contributed by atoms with E-state index in [1.807, 2.05) is 42.2 Å². The van der Waals surface area contributed by atoms with Crippen molar-refractivity contribution < 1.29 is 13.9 Å². The molecule has 0 aliphatic carbocycles. The number of ether oxygens (including phenoxy) is 1. The first kappa shape index (κ1) is 20.7. The van der Waals surface area contributed by atoms with Gasteiger partial charge in [0, 0.05) is 6.54 Å². The van der Waals surface area contributed by atoms with Crippen molar-refractivity contribution in [2.45, 2.75) is 39.5 Å². The smallest absolute Gasteiger partial charge is 0.234 e. The number of amides is 1. The third-order valence-electron chi connectivity index (χ3n) is 5.01. The van der Waals surface area contributed by atoms with Crippen LogP contribution in [0.25, 0.3) is 0 Å². The van der Waals surface area contributed by atoms with Crippen molar-refractivity contribution >= 4 is 5.91 Å². The molecule has 152 valence electrons. The second-order valence-electron chi connectivity index (χ2n) is 7.30. The number of furan rings is 1. The van der Waals surface area contributed by atoms with Crippen molar-refractivity contribution in [1.82, 2.24) is 4.90 Å². The normalized spacial score (nSPS) is 12.1. The third kappa shape index (κ3) is 6.22. The van der Waals surface area contributed by atoms with Crippen LogP contribution in [0.5, 0.6) is 5.75 Å². The van der Waals surface area contributed by atoms with Crippen LogP contribution >= 0.6 is 0 Å². The number of carbonyl (C=O) groups is 1. The van der Waals surface area contributed by atoms with Gasteiger partial charge in [-0.15, -0.1) is 0 Å². The lowest BCUT2D eigenvalue weighted by atomic mass is 10.1. The van der Waals surface area contributed by atoms with Crippen molar-refractivity contribution in [2.75, 3.05) is 6.54 Å². The van der Waals surface area contributed by atoms with Gasteiger partial charge in [-0.3, -0.25) is 9.69 Å². The summed E-state index contributed by atoms with van der Waals surface area (Å²) in [5, 5.41) is 0. The molecule has 1 atom stereocenters. The van der Waals surface area contributed by atoms with E-state index in [2.05, 4.69) is 37.3 Å². The van der Waals surface area contributed by atoms with E-state index >= 15 is 0 Å². The van der Waals surface area contributed by atoms with E-state index < -0.39 is 0 Å². The first-order chi connectivity index (χ1) is 14.0. The van der Waals surface area contributed by atoms with E-state index in [0.717, 1.165) is 29.1 Å². The van der Waals surface area contributed by atoms with Crippen LogP contribution in [-0.2, 0) is 24.4 Å². The van der Waals surface area contributed by atoms with E-state index in [0.29, 0.717) is 19.7 Å². The molecule has 1 heterocycles. The summed E-state index contributed by atoms with van der Waals surface area (Å²) in [7, 11) is 0. The fourth-order valence-electron chi connectivity index (χ4n) is 3.11. The van der Waals surface area contributed by atoms with Gasteiger partial charge in [-0.2, -0.15) is 0 Å². The van der Waals surface area contributed by atoms with Crippen LogP contribution in [0.4, 0.5) is 0 Å². The molecule has 3 rings (SSSR count). The van der Waals surface area contributed by atoms with E-state index in [4.69, 9.17) is 14.9 Å². The molecule has 0 saturated heterocycles. The SMILES string of the molecule is Cc1ccc(COc2cccc(CCN(Cc3ccco3)C(C)C(N)=O)c2)cc1. The molecular formula is C24H28N2O3. The van der Waals surface area contributed by atoms with Crippen LogP contribution in [0, 0.1) is 6.92 Å². The van der Waals surface area contributed by atoms with E-state index in [1.54, 1.807) is 6.26 Å². The second kappa shape index (κ2) is 9.94. The second-order valence-corrected chi connectivity index (χ2v) is 7.30. The zero-order valence-corrected chi connectivity index (χ0v) is 17.0. The standard InChI is InChI=1S/C24H28N2O3/c1-18-8-10-21(11-9-18)17-29-22-6-3-5-20(15-22)12-13-26(19(2)24(25)27)16-23-7-4-14-28-23/h3-11,14-15,19H,12-13,16-17H2,1-2H3,(H2,25,27). The van der Waals surface area contributed by atoms with Gasteiger partial charge >= 0.3 is 0 Å². The average Bonchev–Trinajstić information content (AvgIpc) is 3.23. The lowest BCUT2D eigenvalue weighted by Gasteiger charge is -2.26. The third-order valence-corrected chi connectivity index (χ3v) is 5.01. The number of carbonyl (C=O) groups excluding carboxylic acids is 1. The Morgan fingerprint density at radius 1 is 1.10 bits per heavy atom. The molecule has 0 spiro atoms. The first-order valence-electron chi connectivity index (χ1n) is 9.84. The number of primary amides is 1. The number of aryl methyl sites for hydroxylation is 1.